The van der Waals surface area contributed by atoms with Crippen LogP contribution in [-0.2, 0) is 16.0 Å². The second-order valence-electron chi connectivity index (χ2n) is 9.40. The fourth-order valence-corrected chi connectivity index (χ4v) is 3.98. The molecule has 0 aliphatic carbocycles. The maximum Gasteiger partial charge on any atom is 0.310 e. The predicted molar refractivity (Wildman–Crippen MR) is 144 cm³/mol. The molecule has 2 aromatic rings. The largest absolute Gasteiger partial charge is 0.494 e. The highest BCUT2D eigenvalue weighted by atomic mass is 16.5. The van der Waals surface area contributed by atoms with Crippen LogP contribution >= 0.6 is 0 Å². The average Bonchev–Trinajstić information content (AvgIpc) is 2.87. The monoisotopic (exact) mass is 482 g/mol. The zero-order valence-electron chi connectivity index (χ0n) is 22.2. The van der Waals surface area contributed by atoms with Gasteiger partial charge in [0.05, 0.1) is 19.6 Å². The highest BCUT2D eigenvalue weighted by molar-refractivity contribution is 5.73. The lowest BCUT2D eigenvalue weighted by Gasteiger charge is -2.15. The molecule has 0 spiro atoms. The smallest absolute Gasteiger partial charge is 0.310 e. The molecule has 0 radical (unpaired) electrons. The highest BCUT2D eigenvalue weighted by Crippen LogP contribution is 2.22. The number of hydrogen-bond donors (Lipinski definition) is 0. The minimum Gasteiger partial charge on any atom is -0.494 e. The summed E-state index contributed by atoms with van der Waals surface area (Å²) >= 11 is 0. The molecule has 0 heterocycles. The molecule has 0 fully saturated rings. The molecule has 4 nitrogen and oxygen atoms in total. The number of carbonyl (C=O) groups excluding carboxylic acids is 1. The number of carbonyl (C=O) groups is 1. The van der Waals surface area contributed by atoms with Crippen LogP contribution in [0, 0.1) is 0 Å². The van der Waals surface area contributed by atoms with E-state index in [2.05, 4.69) is 13.8 Å². The first-order valence-electron chi connectivity index (χ1n) is 13.8. The van der Waals surface area contributed by atoms with Crippen molar-refractivity contribution in [2.45, 2.75) is 104 Å². The summed E-state index contributed by atoms with van der Waals surface area (Å²) in [6, 6.07) is 15.6. The molecule has 0 amide bonds. The van der Waals surface area contributed by atoms with Crippen molar-refractivity contribution in [3.8, 4) is 11.5 Å². The summed E-state index contributed by atoms with van der Waals surface area (Å²) in [6.45, 7) is 7.85. The standard InChI is InChI=1S/C31H46O4/c1-4-6-8-10-12-14-24-33-29-19-15-27(16-20-29)25-31(32)35-26(3)28-17-21-30(22-18-28)34-23-13-11-9-7-5-2/h15-22,26H,4-14,23-25H2,1-3H3. The topological polar surface area (TPSA) is 44.8 Å². The number of benzene rings is 2. The van der Waals surface area contributed by atoms with Gasteiger partial charge in [-0.05, 0) is 55.2 Å². The minimum atomic E-state index is -0.300. The van der Waals surface area contributed by atoms with Crippen LogP contribution in [0.1, 0.15) is 109 Å². The molecule has 0 aromatic heterocycles. The first kappa shape index (κ1) is 28.7. The number of hydrogen-bond acceptors (Lipinski definition) is 4. The van der Waals surface area contributed by atoms with E-state index in [4.69, 9.17) is 14.2 Å². The highest BCUT2D eigenvalue weighted by Gasteiger charge is 2.13. The van der Waals surface area contributed by atoms with E-state index < -0.39 is 0 Å². The molecule has 0 saturated carbocycles. The van der Waals surface area contributed by atoms with E-state index in [9.17, 15) is 4.79 Å². The molecular weight excluding hydrogens is 436 g/mol. The van der Waals surface area contributed by atoms with Gasteiger partial charge in [-0.3, -0.25) is 4.79 Å². The number of ether oxygens (including phenoxy) is 3. The van der Waals surface area contributed by atoms with Gasteiger partial charge in [-0.2, -0.15) is 0 Å². The molecule has 35 heavy (non-hydrogen) atoms. The van der Waals surface area contributed by atoms with E-state index in [1.54, 1.807) is 0 Å². The zero-order chi connectivity index (χ0) is 25.1. The van der Waals surface area contributed by atoms with Crippen molar-refractivity contribution >= 4 is 5.97 Å². The Morgan fingerprint density at radius 3 is 1.63 bits per heavy atom. The summed E-state index contributed by atoms with van der Waals surface area (Å²) < 4.78 is 17.3. The fraction of sp³-hybridized carbons (Fsp3) is 0.581. The summed E-state index contributed by atoms with van der Waals surface area (Å²) in [5, 5.41) is 0. The molecule has 2 rings (SSSR count). The Hall–Kier alpha value is -2.49. The van der Waals surface area contributed by atoms with Gasteiger partial charge in [-0.15, -0.1) is 0 Å². The van der Waals surface area contributed by atoms with Crippen LogP contribution in [0.4, 0.5) is 0 Å². The fourth-order valence-electron chi connectivity index (χ4n) is 3.98. The number of unbranched alkanes of at least 4 members (excludes halogenated alkanes) is 9. The lowest BCUT2D eigenvalue weighted by Crippen LogP contribution is -2.11. The van der Waals surface area contributed by atoms with E-state index in [0.29, 0.717) is 0 Å². The Morgan fingerprint density at radius 2 is 1.11 bits per heavy atom. The van der Waals surface area contributed by atoms with Gasteiger partial charge in [0.15, 0.2) is 0 Å². The van der Waals surface area contributed by atoms with Crippen molar-refractivity contribution in [2.75, 3.05) is 13.2 Å². The van der Waals surface area contributed by atoms with Gasteiger partial charge in [0.1, 0.15) is 17.6 Å². The number of rotatable bonds is 19. The Morgan fingerprint density at radius 1 is 0.657 bits per heavy atom. The van der Waals surface area contributed by atoms with Gasteiger partial charge in [-0.1, -0.05) is 95.9 Å². The van der Waals surface area contributed by atoms with Crippen LogP contribution in [0.3, 0.4) is 0 Å². The van der Waals surface area contributed by atoms with E-state index in [0.717, 1.165) is 48.7 Å². The van der Waals surface area contributed by atoms with Crippen molar-refractivity contribution in [3.05, 3.63) is 59.7 Å². The van der Waals surface area contributed by atoms with Gasteiger partial charge in [0, 0.05) is 0 Å². The molecular formula is C31H46O4. The SMILES string of the molecule is CCCCCCCCOc1ccc(CC(=O)OC(C)c2ccc(OCCCCCCC)cc2)cc1. The molecule has 194 valence electrons. The molecule has 2 aromatic carbocycles. The summed E-state index contributed by atoms with van der Waals surface area (Å²) in [5.41, 5.74) is 1.89. The minimum absolute atomic E-state index is 0.231. The Kier molecular flexibility index (Phi) is 14.7. The molecule has 0 bridgehead atoms. The molecule has 1 unspecified atom stereocenters. The Balaban J connectivity index is 1.66. The van der Waals surface area contributed by atoms with Gasteiger partial charge in [0.2, 0.25) is 0 Å². The van der Waals surface area contributed by atoms with Crippen LogP contribution in [0.25, 0.3) is 0 Å². The maximum absolute atomic E-state index is 12.4. The molecule has 0 N–H and O–H groups in total. The molecule has 0 saturated heterocycles. The second-order valence-corrected chi connectivity index (χ2v) is 9.40. The number of esters is 1. The molecule has 4 heteroatoms. The van der Waals surface area contributed by atoms with E-state index in [1.807, 2.05) is 55.5 Å². The van der Waals surface area contributed by atoms with Crippen molar-refractivity contribution in [1.82, 2.24) is 0 Å². The van der Waals surface area contributed by atoms with Gasteiger partial charge in [0.25, 0.3) is 0 Å². The van der Waals surface area contributed by atoms with Crippen LogP contribution in [0.5, 0.6) is 11.5 Å². The third kappa shape index (κ3) is 12.7. The van der Waals surface area contributed by atoms with Crippen molar-refractivity contribution in [3.63, 3.8) is 0 Å². The average molecular weight is 483 g/mol. The van der Waals surface area contributed by atoms with E-state index >= 15 is 0 Å². The summed E-state index contributed by atoms with van der Waals surface area (Å²) in [4.78, 5) is 12.4. The van der Waals surface area contributed by atoms with Crippen molar-refractivity contribution in [2.24, 2.45) is 0 Å². The van der Waals surface area contributed by atoms with Crippen molar-refractivity contribution in [1.29, 1.82) is 0 Å². The Bertz CT molecular complexity index is 798. The molecule has 1 atom stereocenters. The lowest BCUT2D eigenvalue weighted by atomic mass is 10.1. The third-order valence-corrected chi connectivity index (χ3v) is 6.21. The van der Waals surface area contributed by atoms with E-state index in [-0.39, 0.29) is 18.5 Å². The molecule has 0 aliphatic heterocycles. The van der Waals surface area contributed by atoms with Gasteiger partial charge >= 0.3 is 5.97 Å². The zero-order valence-corrected chi connectivity index (χ0v) is 22.2. The lowest BCUT2D eigenvalue weighted by molar-refractivity contribution is -0.147. The summed E-state index contributed by atoms with van der Waals surface area (Å²) in [5.74, 6) is 1.49. The Labute approximate surface area is 213 Å². The second kappa shape index (κ2) is 17.9. The maximum atomic E-state index is 12.4. The normalized spacial score (nSPS) is 11.7. The molecule has 0 aliphatic rings. The van der Waals surface area contributed by atoms with Crippen LogP contribution < -0.4 is 9.47 Å². The van der Waals surface area contributed by atoms with Gasteiger partial charge in [-0.25, -0.2) is 0 Å². The third-order valence-electron chi connectivity index (χ3n) is 6.21. The summed E-state index contributed by atoms with van der Waals surface area (Å²) in [7, 11) is 0. The van der Waals surface area contributed by atoms with Crippen LogP contribution in [0.15, 0.2) is 48.5 Å². The first-order chi connectivity index (χ1) is 17.1. The van der Waals surface area contributed by atoms with Crippen LogP contribution in [-0.4, -0.2) is 19.2 Å². The van der Waals surface area contributed by atoms with Crippen LogP contribution in [0.2, 0.25) is 0 Å². The van der Waals surface area contributed by atoms with E-state index in [1.165, 1.54) is 57.8 Å². The van der Waals surface area contributed by atoms with Gasteiger partial charge < -0.3 is 14.2 Å². The van der Waals surface area contributed by atoms with Crippen molar-refractivity contribution < 1.29 is 19.0 Å². The predicted octanol–water partition coefficient (Wildman–Crippen LogP) is 8.62. The summed E-state index contributed by atoms with van der Waals surface area (Å²) in [6.07, 6.45) is 13.6. The first-order valence-corrected chi connectivity index (χ1v) is 13.8. The quantitative estimate of drug-likeness (QED) is 0.148.